The molecule has 1 aromatic carbocycles. The predicted molar refractivity (Wildman–Crippen MR) is 132 cm³/mol. The van der Waals surface area contributed by atoms with Gasteiger partial charge in [0.2, 0.25) is 11.8 Å². The Bertz CT molecular complexity index is 1000. The Morgan fingerprint density at radius 2 is 1.66 bits per heavy atom. The van der Waals surface area contributed by atoms with Gasteiger partial charge in [0.15, 0.2) is 0 Å². The second-order valence-electron chi connectivity index (χ2n) is 10.6. The topological polar surface area (TPSA) is 102 Å². The SMILES string of the molecule is NC(=O)[C@@H](NC(=O)[C@@H]1CCCCC12C1=C2CCN(C(=O)OC2CCCC2)CCC1)c1ccccc1. The lowest BCUT2D eigenvalue weighted by Gasteiger charge is -2.35. The van der Waals surface area contributed by atoms with Crippen LogP contribution >= 0.6 is 0 Å². The van der Waals surface area contributed by atoms with Crippen molar-refractivity contribution in [1.29, 1.82) is 0 Å². The number of amides is 3. The number of hydrogen-bond acceptors (Lipinski definition) is 4. The molecule has 3 amide bonds. The largest absolute Gasteiger partial charge is 0.446 e. The van der Waals surface area contributed by atoms with Gasteiger partial charge in [-0.25, -0.2) is 4.79 Å². The highest BCUT2D eigenvalue weighted by Crippen LogP contribution is 2.67. The molecule has 2 saturated carbocycles. The van der Waals surface area contributed by atoms with E-state index in [-0.39, 0.29) is 29.4 Å². The Morgan fingerprint density at radius 3 is 2.40 bits per heavy atom. The number of nitrogens with one attached hydrogen (secondary N) is 1. The molecule has 0 radical (unpaired) electrons. The molecule has 1 unspecified atom stereocenters. The Labute approximate surface area is 207 Å². The monoisotopic (exact) mass is 479 g/mol. The van der Waals surface area contributed by atoms with Crippen LogP contribution in [0.2, 0.25) is 0 Å². The van der Waals surface area contributed by atoms with Gasteiger partial charge in [0, 0.05) is 18.5 Å². The van der Waals surface area contributed by atoms with E-state index in [2.05, 4.69) is 5.32 Å². The highest BCUT2D eigenvalue weighted by molar-refractivity contribution is 5.90. The van der Waals surface area contributed by atoms with E-state index in [4.69, 9.17) is 10.5 Å². The fourth-order valence-electron chi connectivity index (χ4n) is 6.87. The Balaban J connectivity index is 1.27. The van der Waals surface area contributed by atoms with Gasteiger partial charge in [0.05, 0.1) is 5.92 Å². The number of allylic oxidation sites excluding steroid dienone is 1. The van der Waals surface area contributed by atoms with Crippen molar-refractivity contribution in [2.24, 2.45) is 17.1 Å². The minimum Gasteiger partial charge on any atom is -0.446 e. The molecule has 35 heavy (non-hydrogen) atoms. The fraction of sp³-hybridized carbons (Fsp3) is 0.607. The molecule has 7 nitrogen and oxygen atoms in total. The first-order chi connectivity index (χ1) is 17.0. The first kappa shape index (κ1) is 23.9. The molecule has 3 aliphatic carbocycles. The Hall–Kier alpha value is -2.83. The zero-order chi connectivity index (χ0) is 24.4. The molecule has 5 rings (SSSR count). The minimum atomic E-state index is -0.829. The van der Waals surface area contributed by atoms with Crippen molar-refractivity contribution in [3.63, 3.8) is 0 Å². The van der Waals surface area contributed by atoms with Crippen LogP contribution in [0.1, 0.15) is 82.2 Å². The number of fused-ring (bicyclic) bond motifs is 2. The molecule has 0 bridgehead atoms. The summed E-state index contributed by atoms with van der Waals surface area (Å²) >= 11 is 0. The molecule has 3 atom stereocenters. The van der Waals surface area contributed by atoms with Crippen molar-refractivity contribution >= 4 is 17.9 Å². The van der Waals surface area contributed by atoms with E-state index in [1.807, 2.05) is 35.2 Å². The number of nitrogens with two attached hydrogens (primary N) is 1. The van der Waals surface area contributed by atoms with Crippen LogP contribution in [0.3, 0.4) is 0 Å². The summed E-state index contributed by atoms with van der Waals surface area (Å²) in [5, 5.41) is 2.98. The van der Waals surface area contributed by atoms with Crippen molar-refractivity contribution in [3.05, 3.63) is 47.0 Å². The lowest BCUT2D eigenvalue weighted by atomic mass is 9.70. The van der Waals surface area contributed by atoms with E-state index in [9.17, 15) is 14.4 Å². The van der Waals surface area contributed by atoms with Gasteiger partial charge in [-0.05, 0) is 63.4 Å². The third-order valence-electron chi connectivity index (χ3n) is 8.62. The highest BCUT2D eigenvalue weighted by atomic mass is 16.6. The lowest BCUT2D eigenvalue weighted by Crippen LogP contribution is -2.44. The number of hydrogen-bond donors (Lipinski definition) is 2. The Morgan fingerprint density at radius 1 is 0.943 bits per heavy atom. The second-order valence-corrected chi connectivity index (χ2v) is 10.6. The molecule has 188 valence electrons. The van der Waals surface area contributed by atoms with Gasteiger partial charge in [-0.1, -0.05) is 54.3 Å². The number of nitrogens with zero attached hydrogens (tertiary/aromatic N) is 1. The molecule has 0 aromatic heterocycles. The number of primary amides is 1. The number of benzene rings is 1. The average Bonchev–Trinajstić information content (AvgIpc) is 3.16. The van der Waals surface area contributed by atoms with Crippen molar-refractivity contribution in [1.82, 2.24) is 10.2 Å². The summed E-state index contributed by atoms with van der Waals surface area (Å²) < 4.78 is 5.76. The maximum absolute atomic E-state index is 13.6. The zero-order valence-electron chi connectivity index (χ0n) is 20.5. The van der Waals surface area contributed by atoms with Crippen molar-refractivity contribution in [3.8, 4) is 0 Å². The van der Waals surface area contributed by atoms with E-state index in [0.717, 1.165) is 70.6 Å². The van der Waals surface area contributed by atoms with Gasteiger partial charge in [-0.2, -0.15) is 0 Å². The van der Waals surface area contributed by atoms with Crippen LogP contribution in [0.15, 0.2) is 41.5 Å². The summed E-state index contributed by atoms with van der Waals surface area (Å²) in [7, 11) is 0. The van der Waals surface area contributed by atoms with Crippen molar-refractivity contribution in [2.75, 3.05) is 13.1 Å². The fourth-order valence-corrected chi connectivity index (χ4v) is 6.87. The number of rotatable bonds is 5. The molecule has 3 N–H and O–H groups in total. The molecule has 1 aliphatic heterocycles. The normalized spacial score (nSPS) is 27.5. The van der Waals surface area contributed by atoms with Crippen LogP contribution in [0.5, 0.6) is 0 Å². The van der Waals surface area contributed by atoms with Gasteiger partial charge < -0.3 is 20.7 Å². The Kier molecular flexibility index (Phi) is 6.85. The first-order valence-corrected chi connectivity index (χ1v) is 13.3. The van der Waals surface area contributed by atoms with Gasteiger partial charge in [-0.3, -0.25) is 9.59 Å². The van der Waals surface area contributed by atoms with Crippen LogP contribution < -0.4 is 11.1 Å². The van der Waals surface area contributed by atoms with Crippen LogP contribution in [0.25, 0.3) is 0 Å². The first-order valence-electron chi connectivity index (χ1n) is 13.3. The van der Waals surface area contributed by atoms with E-state index in [0.29, 0.717) is 18.7 Å². The van der Waals surface area contributed by atoms with Gasteiger partial charge in [-0.15, -0.1) is 0 Å². The molecular weight excluding hydrogens is 442 g/mol. The summed E-state index contributed by atoms with van der Waals surface area (Å²) in [5.74, 6) is -0.807. The van der Waals surface area contributed by atoms with Crippen molar-refractivity contribution < 1.29 is 19.1 Å². The third-order valence-corrected chi connectivity index (χ3v) is 8.62. The third kappa shape index (κ3) is 4.69. The predicted octanol–water partition coefficient (Wildman–Crippen LogP) is 4.38. The molecule has 7 heteroatoms. The molecule has 0 saturated heterocycles. The summed E-state index contributed by atoms with van der Waals surface area (Å²) in [5.41, 5.74) is 9.00. The molecule has 1 heterocycles. The standard InChI is InChI=1S/C28H37N3O4/c29-25(32)24(19-9-2-1-3-10-19)30-26(33)23-13-6-7-16-28(23)21-14-8-17-31(18-15-22(21)28)27(34)35-20-11-4-5-12-20/h1-3,9-10,20,23-24H,4-8,11-18H2,(H2,29,32)(H,30,33)/t23-,24-,28?/m0/s1. The molecule has 2 fully saturated rings. The van der Waals surface area contributed by atoms with Gasteiger partial charge in [0.1, 0.15) is 12.1 Å². The summed E-state index contributed by atoms with van der Waals surface area (Å²) in [6, 6.07) is 8.37. The van der Waals surface area contributed by atoms with E-state index < -0.39 is 11.9 Å². The maximum Gasteiger partial charge on any atom is 0.410 e. The van der Waals surface area contributed by atoms with Gasteiger partial charge in [0.25, 0.3) is 0 Å². The molecule has 1 aromatic rings. The van der Waals surface area contributed by atoms with E-state index in [1.165, 1.54) is 11.1 Å². The quantitative estimate of drug-likeness (QED) is 0.612. The number of carbonyl (C=O) groups excluding carboxylic acids is 3. The van der Waals surface area contributed by atoms with Crippen molar-refractivity contribution in [2.45, 2.75) is 82.8 Å². The van der Waals surface area contributed by atoms with Crippen LogP contribution in [0, 0.1) is 11.3 Å². The van der Waals surface area contributed by atoms with Crippen LogP contribution in [0.4, 0.5) is 4.79 Å². The number of ether oxygens (including phenoxy) is 1. The smallest absolute Gasteiger partial charge is 0.410 e. The van der Waals surface area contributed by atoms with Gasteiger partial charge >= 0.3 is 6.09 Å². The van der Waals surface area contributed by atoms with Crippen LogP contribution in [-0.4, -0.2) is 42.0 Å². The van der Waals surface area contributed by atoms with E-state index in [1.54, 1.807) is 0 Å². The summed E-state index contributed by atoms with van der Waals surface area (Å²) in [6.07, 6.45) is 10.6. The zero-order valence-corrected chi connectivity index (χ0v) is 20.5. The lowest BCUT2D eigenvalue weighted by molar-refractivity contribution is -0.132. The minimum absolute atomic E-state index is 0.0734. The second kappa shape index (κ2) is 10.0. The summed E-state index contributed by atoms with van der Waals surface area (Å²) in [4.78, 5) is 40.4. The molecular formula is C28H37N3O4. The van der Waals surface area contributed by atoms with E-state index >= 15 is 0 Å². The van der Waals surface area contributed by atoms with Crippen LogP contribution in [-0.2, 0) is 14.3 Å². The highest BCUT2D eigenvalue weighted by Gasteiger charge is 2.59. The maximum atomic E-state index is 13.6. The average molecular weight is 480 g/mol. The molecule has 1 spiro atoms. The summed E-state index contributed by atoms with van der Waals surface area (Å²) in [6.45, 7) is 1.35. The number of carbonyl (C=O) groups is 3. The molecule has 4 aliphatic rings.